The van der Waals surface area contributed by atoms with E-state index in [4.69, 9.17) is 11.6 Å². The molecule has 0 aromatic heterocycles. The van der Waals surface area contributed by atoms with E-state index < -0.39 is 0 Å². The molecule has 0 aliphatic heterocycles. The number of carbonyl (C=O) groups excluding carboxylic acids is 1. The fraction of sp³-hybridized carbons (Fsp3) is 0.235. The van der Waals surface area contributed by atoms with Crippen LogP contribution >= 0.6 is 11.6 Å². The maximum absolute atomic E-state index is 11.5. The summed E-state index contributed by atoms with van der Waals surface area (Å²) in [7, 11) is 0. The zero-order valence-electron chi connectivity index (χ0n) is 12.0. The summed E-state index contributed by atoms with van der Waals surface area (Å²) in [4.78, 5) is 11.5. The van der Waals surface area contributed by atoms with Crippen LogP contribution in [0.4, 0.5) is 11.4 Å². The third-order valence-electron chi connectivity index (χ3n) is 3.06. The zero-order chi connectivity index (χ0) is 15.1. The molecular formula is C17H19ClN2O. The number of carbonyl (C=O) groups is 1. The highest BCUT2D eigenvalue weighted by molar-refractivity contribution is 6.30. The summed E-state index contributed by atoms with van der Waals surface area (Å²) in [5.41, 5.74) is 3.00. The van der Waals surface area contributed by atoms with Gasteiger partial charge in [-0.25, -0.2) is 0 Å². The van der Waals surface area contributed by atoms with Crippen LogP contribution in [-0.4, -0.2) is 5.91 Å². The van der Waals surface area contributed by atoms with E-state index in [0.29, 0.717) is 6.42 Å². The lowest BCUT2D eigenvalue weighted by Crippen LogP contribution is -2.10. The normalized spacial score (nSPS) is 10.2. The Morgan fingerprint density at radius 3 is 2.24 bits per heavy atom. The van der Waals surface area contributed by atoms with Gasteiger partial charge < -0.3 is 10.6 Å². The quantitative estimate of drug-likeness (QED) is 0.812. The average molecular weight is 303 g/mol. The molecule has 0 unspecified atom stereocenters. The van der Waals surface area contributed by atoms with Gasteiger partial charge in [0.2, 0.25) is 5.91 Å². The number of benzene rings is 2. The molecule has 110 valence electrons. The highest BCUT2D eigenvalue weighted by Crippen LogP contribution is 2.16. The van der Waals surface area contributed by atoms with E-state index in [-0.39, 0.29) is 5.91 Å². The van der Waals surface area contributed by atoms with Crippen LogP contribution in [-0.2, 0) is 11.3 Å². The van der Waals surface area contributed by atoms with Gasteiger partial charge in [0.05, 0.1) is 0 Å². The van der Waals surface area contributed by atoms with Crippen molar-refractivity contribution < 1.29 is 4.79 Å². The minimum absolute atomic E-state index is 0.0550. The van der Waals surface area contributed by atoms with E-state index in [9.17, 15) is 4.79 Å². The largest absolute Gasteiger partial charge is 0.381 e. The minimum Gasteiger partial charge on any atom is -0.381 e. The molecule has 0 aliphatic rings. The molecule has 2 aromatic rings. The summed E-state index contributed by atoms with van der Waals surface area (Å²) in [6.07, 6.45) is 1.41. The molecule has 0 radical (unpaired) electrons. The number of rotatable bonds is 6. The van der Waals surface area contributed by atoms with Gasteiger partial charge >= 0.3 is 0 Å². The molecule has 0 bridgehead atoms. The van der Waals surface area contributed by atoms with Crippen LogP contribution in [0.3, 0.4) is 0 Å². The maximum atomic E-state index is 11.5. The van der Waals surface area contributed by atoms with E-state index in [0.717, 1.165) is 29.4 Å². The highest BCUT2D eigenvalue weighted by atomic mass is 35.5. The van der Waals surface area contributed by atoms with E-state index in [2.05, 4.69) is 10.6 Å². The second kappa shape index (κ2) is 7.70. The first kappa shape index (κ1) is 15.4. The summed E-state index contributed by atoms with van der Waals surface area (Å²) in [6.45, 7) is 2.72. The Labute approximate surface area is 130 Å². The number of anilines is 2. The van der Waals surface area contributed by atoms with Crippen molar-refractivity contribution in [1.29, 1.82) is 0 Å². The van der Waals surface area contributed by atoms with Gasteiger partial charge in [-0.15, -0.1) is 0 Å². The lowest BCUT2D eigenvalue weighted by atomic mass is 10.2. The Morgan fingerprint density at radius 2 is 1.62 bits per heavy atom. The van der Waals surface area contributed by atoms with Crippen molar-refractivity contribution in [2.75, 3.05) is 10.6 Å². The molecule has 0 spiro atoms. The fourth-order valence-corrected chi connectivity index (χ4v) is 2.05. The summed E-state index contributed by atoms with van der Waals surface area (Å²) >= 11 is 5.86. The third kappa shape index (κ3) is 5.12. The third-order valence-corrected chi connectivity index (χ3v) is 3.31. The van der Waals surface area contributed by atoms with Crippen molar-refractivity contribution in [1.82, 2.24) is 0 Å². The first-order chi connectivity index (χ1) is 10.2. The minimum atomic E-state index is 0.0550. The van der Waals surface area contributed by atoms with Gasteiger partial charge in [0.15, 0.2) is 0 Å². The number of nitrogens with one attached hydrogen (secondary N) is 2. The SMILES string of the molecule is CCCC(=O)Nc1ccc(NCc2ccc(Cl)cc2)cc1. The van der Waals surface area contributed by atoms with Gasteiger partial charge in [-0.1, -0.05) is 30.7 Å². The predicted molar refractivity (Wildman–Crippen MR) is 88.8 cm³/mol. The molecule has 21 heavy (non-hydrogen) atoms. The van der Waals surface area contributed by atoms with Crippen molar-refractivity contribution >= 4 is 28.9 Å². The molecule has 0 saturated carbocycles. The Morgan fingerprint density at radius 1 is 1.00 bits per heavy atom. The topological polar surface area (TPSA) is 41.1 Å². The molecule has 2 rings (SSSR count). The number of hydrogen-bond acceptors (Lipinski definition) is 2. The van der Waals surface area contributed by atoms with Crippen LogP contribution in [0, 0.1) is 0 Å². The van der Waals surface area contributed by atoms with Crippen molar-refractivity contribution in [3.8, 4) is 0 Å². The second-order valence-electron chi connectivity index (χ2n) is 4.86. The standard InChI is InChI=1S/C17H19ClN2O/c1-2-3-17(21)20-16-10-8-15(9-11-16)19-12-13-4-6-14(18)7-5-13/h4-11,19H,2-3,12H2,1H3,(H,20,21). The van der Waals surface area contributed by atoms with Gasteiger partial charge in [-0.05, 0) is 48.4 Å². The number of amides is 1. The fourth-order valence-electron chi connectivity index (χ4n) is 1.93. The monoisotopic (exact) mass is 302 g/mol. The molecule has 2 aromatic carbocycles. The molecule has 0 heterocycles. The van der Waals surface area contributed by atoms with Crippen LogP contribution in [0.25, 0.3) is 0 Å². The molecule has 0 saturated heterocycles. The predicted octanol–water partition coefficient (Wildman–Crippen LogP) is 4.69. The highest BCUT2D eigenvalue weighted by Gasteiger charge is 2.00. The average Bonchev–Trinajstić information content (AvgIpc) is 2.48. The van der Waals surface area contributed by atoms with Crippen molar-refractivity contribution in [2.45, 2.75) is 26.3 Å². The lowest BCUT2D eigenvalue weighted by molar-refractivity contribution is -0.116. The summed E-state index contributed by atoms with van der Waals surface area (Å²) in [6, 6.07) is 15.5. The summed E-state index contributed by atoms with van der Waals surface area (Å²) < 4.78 is 0. The Balaban J connectivity index is 1.87. The van der Waals surface area contributed by atoms with Gasteiger partial charge in [0, 0.05) is 29.4 Å². The van der Waals surface area contributed by atoms with Crippen LogP contribution in [0.15, 0.2) is 48.5 Å². The van der Waals surface area contributed by atoms with Crippen LogP contribution < -0.4 is 10.6 Å². The van der Waals surface area contributed by atoms with Crippen LogP contribution in [0.1, 0.15) is 25.3 Å². The summed E-state index contributed by atoms with van der Waals surface area (Å²) in [5, 5.41) is 6.94. The van der Waals surface area contributed by atoms with E-state index in [1.165, 1.54) is 5.56 Å². The molecule has 4 heteroatoms. The lowest BCUT2D eigenvalue weighted by Gasteiger charge is -2.09. The zero-order valence-corrected chi connectivity index (χ0v) is 12.8. The van der Waals surface area contributed by atoms with E-state index >= 15 is 0 Å². The Kier molecular flexibility index (Phi) is 5.64. The van der Waals surface area contributed by atoms with E-state index in [1.54, 1.807) is 0 Å². The first-order valence-electron chi connectivity index (χ1n) is 7.05. The summed E-state index contributed by atoms with van der Waals surface area (Å²) in [5.74, 6) is 0.0550. The van der Waals surface area contributed by atoms with Crippen molar-refractivity contribution in [3.05, 3.63) is 59.1 Å². The molecule has 2 N–H and O–H groups in total. The Hall–Kier alpha value is -2.00. The number of halogens is 1. The van der Waals surface area contributed by atoms with Crippen molar-refractivity contribution in [2.24, 2.45) is 0 Å². The maximum Gasteiger partial charge on any atom is 0.224 e. The first-order valence-corrected chi connectivity index (χ1v) is 7.43. The molecule has 3 nitrogen and oxygen atoms in total. The molecule has 1 amide bonds. The van der Waals surface area contributed by atoms with Gasteiger partial charge in [0.25, 0.3) is 0 Å². The second-order valence-corrected chi connectivity index (χ2v) is 5.29. The van der Waals surface area contributed by atoms with Crippen molar-refractivity contribution in [3.63, 3.8) is 0 Å². The molecule has 0 aliphatic carbocycles. The van der Waals surface area contributed by atoms with Gasteiger partial charge in [-0.2, -0.15) is 0 Å². The molecular weight excluding hydrogens is 284 g/mol. The van der Waals surface area contributed by atoms with Crippen LogP contribution in [0.5, 0.6) is 0 Å². The van der Waals surface area contributed by atoms with Crippen LogP contribution in [0.2, 0.25) is 5.02 Å². The smallest absolute Gasteiger partial charge is 0.224 e. The molecule has 0 atom stereocenters. The number of hydrogen-bond donors (Lipinski definition) is 2. The molecule has 0 fully saturated rings. The van der Waals surface area contributed by atoms with Gasteiger partial charge in [-0.3, -0.25) is 4.79 Å². The van der Waals surface area contributed by atoms with E-state index in [1.807, 2.05) is 55.5 Å². The Bertz CT molecular complexity index is 579. The van der Waals surface area contributed by atoms with Gasteiger partial charge in [0.1, 0.15) is 0 Å².